The molecule has 142 valence electrons. The highest BCUT2D eigenvalue weighted by Gasteiger charge is 2.35. The number of amides is 1. The number of carbonyl (C=O) groups is 1. The number of benzene rings is 1. The third-order valence-corrected chi connectivity index (χ3v) is 6.87. The molecule has 0 aliphatic heterocycles. The summed E-state index contributed by atoms with van der Waals surface area (Å²) in [5.74, 6) is -0.490. The average molecular weight is 412 g/mol. The number of nitrogens with zero attached hydrogens (tertiary/aromatic N) is 1. The Morgan fingerprint density at radius 3 is 2.32 bits per heavy atom. The largest absolute Gasteiger partial charge is 0.334 e. The highest BCUT2D eigenvalue weighted by molar-refractivity contribution is 7.54. The summed E-state index contributed by atoms with van der Waals surface area (Å²) in [5.41, 5.74) is 0.269. The Morgan fingerprint density at radius 2 is 1.84 bits per heavy atom. The molecule has 1 amide bonds. The molecule has 0 spiro atoms. The van der Waals surface area contributed by atoms with Crippen molar-refractivity contribution >= 4 is 36.7 Å². The number of hydroxylamine groups is 2. The Hall–Kier alpha value is -0.620. The SMILES string of the molecule is CCOP(=O)(OCC)C(CCN(O)C(C)=O)Cc1ccc(Cl)c(Cl)c1. The lowest BCUT2D eigenvalue weighted by Gasteiger charge is -2.27. The maximum atomic E-state index is 13.2. The molecule has 0 heterocycles. The average Bonchev–Trinajstić information content (AvgIpc) is 2.54. The van der Waals surface area contributed by atoms with E-state index < -0.39 is 19.2 Å². The molecule has 1 aromatic rings. The molecule has 1 rings (SSSR count). The van der Waals surface area contributed by atoms with Gasteiger partial charge in [-0.3, -0.25) is 14.6 Å². The fraction of sp³-hybridized carbons (Fsp3) is 0.562. The molecule has 0 saturated heterocycles. The van der Waals surface area contributed by atoms with Crippen molar-refractivity contribution in [3.05, 3.63) is 33.8 Å². The molecule has 1 unspecified atom stereocenters. The molecular formula is C16H24Cl2NO5P. The number of hydrogen-bond acceptors (Lipinski definition) is 5. The summed E-state index contributed by atoms with van der Waals surface area (Å²) in [6.45, 7) is 5.19. The van der Waals surface area contributed by atoms with E-state index in [9.17, 15) is 14.6 Å². The summed E-state index contributed by atoms with van der Waals surface area (Å²) in [6, 6.07) is 5.14. The fourth-order valence-electron chi connectivity index (χ4n) is 2.35. The molecule has 0 aliphatic carbocycles. The lowest BCUT2D eigenvalue weighted by atomic mass is 10.1. The van der Waals surface area contributed by atoms with Crippen molar-refractivity contribution in [1.29, 1.82) is 0 Å². The van der Waals surface area contributed by atoms with Crippen molar-refractivity contribution in [1.82, 2.24) is 5.06 Å². The van der Waals surface area contributed by atoms with Crippen LogP contribution < -0.4 is 0 Å². The van der Waals surface area contributed by atoms with E-state index in [1.165, 1.54) is 6.92 Å². The lowest BCUT2D eigenvalue weighted by Crippen LogP contribution is -2.29. The summed E-state index contributed by atoms with van der Waals surface area (Å²) in [5, 5.41) is 11.0. The van der Waals surface area contributed by atoms with Crippen molar-refractivity contribution in [2.24, 2.45) is 0 Å². The molecule has 6 nitrogen and oxygen atoms in total. The van der Waals surface area contributed by atoms with Gasteiger partial charge in [0.1, 0.15) is 0 Å². The molecular weight excluding hydrogens is 388 g/mol. The molecule has 25 heavy (non-hydrogen) atoms. The van der Waals surface area contributed by atoms with E-state index in [0.29, 0.717) is 21.5 Å². The normalized spacial score (nSPS) is 12.9. The number of carbonyl (C=O) groups excluding carboxylic acids is 1. The first-order valence-electron chi connectivity index (χ1n) is 8.03. The van der Waals surface area contributed by atoms with Crippen LogP contribution in [0.15, 0.2) is 18.2 Å². The summed E-state index contributed by atoms with van der Waals surface area (Å²) < 4.78 is 24.0. The van der Waals surface area contributed by atoms with Crippen LogP contribution in [0.1, 0.15) is 32.8 Å². The Balaban J connectivity index is 3.05. The zero-order valence-electron chi connectivity index (χ0n) is 14.6. The summed E-state index contributed by atoms with van der Waals surface area (Å²) in [6.07, 6.45) is 0.591. The van der Waals surface area contributed by atoms with Crippen LogP contribution in [-0.4, -0.2) is 41.6 Å². The van der Waals surface area contributed by atoms with Crippen LogP contribution in [0.5, 0.6) is 0 Å². The third kappa shape index (κ3) is 6.89. The van der Waals surface area contributed by atoms with Crippen molar-refractivity contribution in [3.8, 4) is 0 Å². The highest BCUT2D eigenvalue weighted by atomic mass is 35.5. The van der Waals surface area contributed by atoms with Gasteiger partial charge in [0.05, 0.1) is 28.9 Å². The predicted octanol–water partition coefficient (Wildman–Crippen LogP) is 4.80. The molecule has 1 atom stereocenters. The van der Waals surface area contributed by atoms with Crippen LogP contribution in [0.25, 0.3) is 0 Å². The smallest absolute Gasteiger partial charge is 0.309 e. The second kappa shape index (κ2) is 10.5. The summed E-state index contributed by atoms with van der Waals surface area (Å²) in [7, 11) is -3.43. The minimum atomic E-state index is -3.43. The van der Waals surface area contributed by atoms with E-state index in [4.69, 9.17) is 32.2 Å². The van der Waals surface area contributed by atoms with Crippen molar-refractivity contribution < 1.29 is 23.6 Å². The first-order chi connectivity index (χ1) is 11.7. The Kier molecular flexibility index (Phi) is 9.43. The zero-order valence-corrected chi connectivity index (χ0v) is 17.0. The molecule has 0 bridgehead atoms. The first-order valence-corrected chi connectivity index (χ1v) is 10.4. The van der Waals surface area contributed by atoms with Crippen LogP contribution in [0.4, 0.5) is 0 Å². The van der Waals surface area contributed by atoms with Gasteiger partial charge in [0.2, 0.25) is 5.91 Å². The number of hydrogen-bond donors (Lipinski definition) is 1. The lowest BCUT2D eigenvalue weighted by molar-refractivity contribution is -0.162. The minimum Gasteiger partial charge on any atom is -0.309 e. The van der Waals surface area contributed by atoms with Gasteiger partial charge in [-0.25, -0.2) is 5.06 Å². The van der Waals surface area contributed by atoms with E-state index in [-0.39, 0.29) is 26.2 Å². The molecule has 1 N–H and O–H groups in total. The third-order valence-electron chi connectivity index (χ3n) is 3.56. The second-order valence-electron chi connectivity index (χ2n) is 5.41. The van der Waals surface area contributed by atoms with Crippen LogP contribution in [0.3, 0.4) is 0 Å². The quantitative estimate of drug-likeness (QED) is 0.340. The predicted molar refractivity (Wildman–Crippen MR) is 98.6 cm³/mol. The molecule has 0 saturated carbocycles. The molecule has 0 aromatic heterocycles. The molecule has 0 radical (unpaired) electrons. The van der Waals surface area contributed by atoms with Gasteiger partial charge in [0.25, 0.3) is 0 Å². The number of halogens is 2. The maximum Gasteiger partial charge on any atom is 0.334 e. The Labute approximate surface area is 158 Å². The molecule has 1 aromatic carbocycles. The van der Waals surface area contributed by atoms with Gasteiger partial charge < -0.3 is 9.05 Å². The van der Waals surface area contributed by atoms with Gasteiger partial charge in [-0.15, -0.1) is 0 Å². The highest BCUT2D eigenvalue weighted by Crippen LogP contribution is 2.55. The van der Waals surface area contributed by atoms with Crippen LogP contribution in [0.2, 0.25) is 10.0 Å². The van der Waals surface area contributed by atoms with E-state index in [1.807, 2.05) is 0 Å². The van der Waals surface area contributed by atoms with Crippen LogP contribution in [-0.2, 0) is 24.8 Å². The van der Waals surface area contributed by atoms with Gasteiger partial charge in [-0.05, 0) is 44.4 Å². The van der Waals surface area contributed by atoms with E-state index >= 15 is 0 Å². The monoisotopic (exact) mass is 411 g/mol. The standard InChI is InChI=1S/C16H24Cl2NO5P/c1-4-23-25(22,24-5-2)14(8-9-19(21)12(3)20)10-13-6-7-15(17)16(18)11-13/h6-7,11,14,21H,4-5,8-10H2,1-3H3. The topological polar surface area (TPSA) is 76.1 Å². The van der Waals surface area contributed by atoms with Crippen LogP contribution >= 0.6 is 30.8 Å². The van der Waals surface area contributed by atoms with Gasteiger partial charge in [-0.2, -0.15) is 0 Å². The molecule has 0 fully saturated rings. The van der Waals surface area contributed by atoms with Gasteiger partial charge in [-0.1, -0.05) is 29.3 Å². The maximum absolute atomic E-state index is 13.2. The Bertz CT molecular complexity index is 619. The van der Waals surface area contributed by atoms with Gasteiger partial charge in [0.15, 0.2) is 0 Å². The van der Waals surface area contributed by atoms with Gasteiger partial charge >= 0.3 is 7.60 Å². The second-order valence-corrected chi connectivity index (χ2v) is 8.55. The van der Waals surface area contributed by atoms with Crippen molar-refractivity contribution in [2.75, 3.05) is 19.8 Å². The van der Waals surface area contributed by atoms with E-state index in [0.717, 1.165) is 5.56 Å². The number of rotatable bonds is 10. The summed E-state index contributed by atoms with van der Waals surface area (Å²) in [4.78, 5) is 11.2. The van der Waals surface area contributed by atoms with E-state index in [2.05, 4.69) is 0 Å². The zero-order chi connectivity index (χ0) is 19.0. The summed E-state index contributed by atoms with van der Waals surface area (Å²) >= 11 is 12.0. The first kappa shape index (κ1) is 22.4. The fourth-order valence-corrected chi connectivity index (χ4v) is 4.75. The Morgan fingerprint density at radius 1 is 1.24 bits per heavy atom. The van der Waals surface area contributed by atoms with Crippen LogP contribution in [0, 0.1) is 0 Å². The van der Waals surface area contributed by atoms with Crippen molar-refractivity contribution in [3.63, 3.8) is 0 Å². The molecule has 9 heteroatoms. The van der Waals surface area contributed by atoms with Crippen molar-refractivity contribution in [2.45, 2.75) is 39.3 Å². The van der Waals surface area contributed by atoms with Gasteiger partial charge in [0, 0.05) is 13.5 Å². The molecule has 0 aliphatic rings. The van der Waals surface area contributed by atoms with E-state index in [1.54, 1.807) is 32.0 Å². The minimum absolute atomic E-state index is 0.0193.